The van der Waals surface area contributed by atoms with Crippen molar-refractivity contribution < 1.29 is 31.7 Å². The standard InChI is InChI=1S/C15H19F3N2O4S3/c1-10(14(21)19-22)27(23)24-20-8-6-12(7-9-20)25-11-2-4-13(5-3-11)26-15(16,17)18/h2-5,10,12,22H,6-9H2,1H3,(H,19,21). The molecule has 2 unspecified atom stereocenters. The van der Waals surface area contributed by atoms with Crippen molar-refractivity contribution in [2.75, 3.05) is 13.1 Å². The molecule has 1 aromatic carbocycles. The summed E-state index contributed by atoms with van der Waals surface area (Å²) in [5.41, 5.74) is -2.86. The van der Waals surface area contributed by atoms with Crippen molar-refractivity contribution in [2.45, 2.75) is 45.6 Å². The van der Waals surface area contributed by atoms with Crippen LogP contribution in [0.15, 0.2) is 34.1 Å². The Bertz CT molecular complexity index is 653. The third-order valence-electron chi connectivity index (χ3n) is 3.71. The van der Waals surface area contributed by atoms with Gasteiger partial charge in [-0.05, 0) is 55.8 Å². The molecule has 0 spiro atoms. The first-order chi connectivity index (χ1) is 12.7. The molecular formula is C15H19F3N2O4S3. The lowest BCUT2D eigenvalue weighted by Crippen LogP contribution is -2.40. The number of carbonyl (C=O) groups excluding carboxylic acids is 1. The Balaban J connectivity index is 1.77. The zero-order chi connectivity index (χ0) is 20.0. The van der Waals surface area contributed by atoms with Gasteiger partial charge in [0, 0.05) is 28.1 Å². The first kappa shape index (κ1) is 22.5. The van der Waals surface area contributed by atoms with E-state index in [1.165, 1.54) is 29.6 Å². The second-order valence-electron chi connectivity index (χ2n) is 5.72. The van der Waals surface area contributed by atoms with E-state index in [2.05, 4.69) is 0 Å². The Hall–Kier alpha value is -0.790. The molecule has 0 saturated carbocycles. The van der Waals surface area contributed by atoms with Crippen LogP contribution in [-0.2, 0) is 20.2 Å². The number of piperidine rings is 1. The Morgan fingerprint density at radius 2 is 1.85 bits per heavy atom. The van der Waals surface area contributed by atoms with E-state index in [-0.39, 0.29) is 21.9 Å². The van der Waals surface area contributed by atoms with Gasteiger partial charge in [-0.3, -0.25) is 10.0 Å². The van der Waals surface area contributed by atoms with Gasteiger partial charge in [0.1, 0.15) is 5.25 Å². The smallest absolute Gasteiger partial charge is 0.289 e. The lowest BCUT2D eigenvalue weighted by Gasteiger charge is -2.30. The second-order valence-corrected chi connectivity index (χ2v) is 9.61. The molecule has 6 nitrogen and oxygen atoms in total. The molecule has 2 atom stereocenters. The Labute approximate surface area is 165 Å². The summed E-state index contributed by atoms with van der Waals surface area (Å²) in [6.07, 6.45) is 1.48. The minimum absolute atomic E-state index is 0.138. The molecule has 1 aromatic rings. The minimum Gasteiger partial charge on any atom is -0.289 e. The molecule has 1 aliphatic rings. The fourth-order valence-electron chi connectivity index (χ4n) is 2.28. The molecule has 1 fully saturated rings. The molecule has 1 saturated heterocycles. The molecule has 0 bridgehead atoms. The zero-order valence-electron chi connectivity index (χ0n) is 14.3. The highest BCUT2D eigenvalue weighted by Gasteiger charge is 2.29. The van der Waals surface area contributed by atoms with Crippen LogP contribution in [0.2, 0.25) is 0 Å². The molecule has 2 N–H and O–H groups in total. The highest BCUT2D eigenvalue weighted by atomic mass is 32.2. The molecule has 1 amide bonds. The van der Waals surface area contributed by atoms with Crippen molar-refractivity contribution in [3.63, 3.8) is 0 Å². The number of nitrogens with one attached hydrogen (secondary N) is 1. The van der Waals surface area contributed by atoms with Crippen molar-refractivity contribution in [1.29, 1.82) is 0 Å². The molecule has 12 heteroatoms. The summed E-state index contributed by atoms with van der Waals surface area (Å²) < 4.78 is 54.2. The number of alkyl halides is 3. The van der Waals surface area contributed by atoms with Crippen LogP contribution in [0, 0.1) is 0 Å². The van der Waals surface area contributed by atoms with E-state index in [0.29, 0.717) is 13.1 Å². The predicted octanol–water partition coefficient (Wildman–Crippen LogP) is 3.34. The molecule has 0 radical (unpaired) electrons. The van der Waals surface area contributed by atoms with Crippen LogP contribution in [0.3, 0.4) is 0 Å². The van der Waals surface area contributed by atoms with Gasteiger partial charge in [0.2, 0.25) is 0 Å². The molecule has 27 heavy (non-hydrogen) atoms. The van der Waals surface area contributed by atoms with Crippen molar-refractivity contribution in [1.82, 2.24) is 10.5 Å². The first-order valence-electron chi connectivity index (χ1n) is 7.98. The summed E-state index contributed by atoms with van der Waals surface area (Å²) in [4.78, 5) is 12.3. The average molecular weight is 445 g/mol. The SMILES string of the molecule is CC(C(=O)NO)S(=O)ON1CCC(Sc2ccc(SC(F)(F)F)cc2)CC1. The van der Waals surface area contributed by atoms with Crippen molar-refractivity contribution in [3.8, 4) is 0 Å². The number of rotatable bonds is 7. The van der Waals surface area contributed by atoms with Gasteiger partial charge in [0.25, 0.3) is 5.91 Å². The van der Waals surface area contributed by atoms with Gasteiger partial charge in [-0.2, -0.15) is 22.5 Å². The van der Waals surface area contributed by atoms with Crippen LogP contribution in [0.5, 0.6) is 0 Å². The van der Waals surface area contributed by atoms with Gasteiger partial charge < -0.3 is 0 Å². The third kappa shape index (κ3) is 7.62. The van der Waals surface area contributed by atoms with Crippen LogP contribution < -0.4 is 5.48 Å². The number of hydrogen-bond acceptors (Lipinski definition) is 7. The lowest BCUT2D eigenvalue weighted by molar-refractivity contribution is -0.128. The topological polar surface area (TPSA) is 78.9 Å². The maximum atomic E-state index is 12.3. The summed E-state index contributed by atoms with van der Waals surface area (Å²) in [6, 6.07) is 6.25. The van der Waals surface area contributed by atoms with Gasteiger partial charge in [-0.25, -0.2) is 9.69 Å². The molecule has 1 heterocycles. The number of hydrogen-bond donors (Lipinski definition) is 2. The van der Waals surface area contributed by atoms with Crippen LogP contribution in [0.1, 0.15) is 19.8 Å². The van der Waals surface area contributed by atoms with Gasteiger partial charge in [0.05, 0.1) is 0 Å². The second kappa shape index (κ2) is 10.1. The molecule has 0 aromatic heterocycles. The van der Waals surface area contributed by atoms with Crippen LogP contribution in [0.4, 0.5) is 13.2 Å². The highest BCUT2D eigenvalue weighted by Crippen LogP contribution is 2.38. The lowest BCUT2D eigenvalue weighted by atomic mass is 10.2. The number of hydroxylamine groups is 3. The number of thioether (sulfide) groups is 2. The Morgan fingerprint density at radius 3 is 2.37 bits per heavy atom. The Morgan fingerprint density at radius 1 is 1.30 bits per heavy atom. The highest BCUT2D eigenvalue weighted by molar-refractivity contribution is 8.00. The summed E-state index contributed by atoms with van der Waals surface area (Å²) >= 11 is -0.457. The largest absolute Gasteiger partial charge is 0.446 e. The van der Waals surface area contributed by atoms with E-state index in [0.717, 1.165) is 17.7 Å². The van der Waals surface area contributed by atoms with Crippen molar-refractivity contribution >= 4 is 40.5 Å². The molecule has 1 aliphatic heterocycles. The number of amides is 1. The minimum atomic E-state index is -4.29. The van der Waals surface area contributed by atoms with Crippen LogP contribution in [0.25, 0.3) is 0 Å². The summed E-state index contributed by atoms with van der Waals surface area (Å²) in [5, 5.41) is 9.33. The van der Waals surface area contributed by atoms with E-state index >= 15 is 0 Å². The van der Waals surface area contributed by atoms with E-state index in [1.54, 1.807) is 23.9 Å². The first-order valence-corrected chi connectivity index (χ1v) is 10.8. The maximum Gasteiger partial charge on any atom is 0.446 e. The summed E-state index contributed by atoms with van der Waals surface area (Å²) in [5.74, 6) is -0.786. The fraction of sp³-hybridized carbons (Fsp3) is 0.533. The summed E-state index contributed by atoms with van der Waals surface area (Å²) in [6.45, 7) is 2.41. The third-order valence-corrected chi connectivity index (χ3v) is 6.95. The van der Waals surface area contributed by atoms with E-state index in [1.807, 2.05) is 0 Å². The maximum absolute atomic E-state index is 12.3. The monoisotopic (exact) mass is 444 g/mol. The Kier molecular flexibility index (Phi) is 8.43. The average Bonchev–Trinajstić information content (AvgIpc) is 2.62. The quantitative estimate of drug-likeness (QED) is 0.379. The van der Waals surface area contributed by atoms with Crippen molar-refractivity contribution in [2.24, 2.45) is 0 Å². The van der Waals surface area contributed by atoms with E-state index < -0.39 is 27.7 Å². The van der Waals surface area contributed by atoms with Gasteiger partial charge in [-0.1, -0.05) is 0 Å². The van der Waals surface area contributed by atoms with Gasteiger partial charge in [-0.15, -0.1) is 11.8 Å². The van der Waals surface area contributed by atoms with Gasteiger partial charge >= 0.3 is 5.51 Å². The zero-order valence-corrected chi connectivity index (χ0v) is 16.7. The summed E-state index contributed by atoms with van der Waals surface area (Å²) in [7, 11) is 0. The molecule has 0 aliphatic carbocycles. The van der Waals surface area contributed by atoms with E-state index in [9.17, 15) is 22.2 Å². The number of halogens is 3. The number of benzene rings is 1. The number of carbonyl (C=O) groups is 1. The number of nitrogens with zero attached hydrogens (tertiary/aromatic N) is 1. The van der Waals surface area contributed by atoms with Crippen LogP contribution >= 0.6 is 23.5 Å². The van der Waals surface area contributed by atoms with Crippen molar-refractivity contribution in [3.05, 3.63) is 24.3 Å². The normalized spacial score (nSPS) is 18.9. The van der Waals surface area contributed by atoms with Gasteiger partial charge in [0.15, 0.2) is 11.1 Å². The molecule has 2 rings (SSSR count). The molecular weight excluding hydrogens is 425 g/mol. The fourth-order valence-corrected chi connectivity index (χ4v) is 4.66. The predicted molar refractivity (Wildman–Crippen MR) is 97.4 cm³/mol. The molecule has 152 valence electrons. The van der Waals surface area contributed by atoms with E-state index in [4.69, 9.17) is 9.49 Å². The van der Waals surface area contributed by atoms with Crippen LogP contribution in [-0.4, -0.2) is 49.5 Å².